The summed E-state index contributed by atoms with van der Waals surface area (Å²) in [5.74, 6) is 0.102. The lowest BCUT2D eigenvalue weighted by atomic mass is 9.81. The highest BCUT2D eigenvalue weighted by Crippen LogP contribution is 2.43. The number of aliphatic hydroxyl groups is 1. The topological polar surface area (TPSA) is 104 Å². The second-order valence-corrected chi connectivity index (χ2v) is 10.3. The van der Waals surface area contributed by atoms with Gasteiger partial charge in [-0.05, 0) is 61.1 Å². The van der Waals surface area contributed by atoms with Crippen molar-refractivity contribution in [1.82, 2.24) is 0 Å². The van der Waals surface area contributed by atoms with Gasteiger partial charge >= 0.3 is 5.97 Å². The predicted molar refractivity (Wildman–Crippen MR) is 148 cm³/mol. The Morgan fingerprint density at radius 3 is 2.59 bits per heavy atom. The van der Waals surface area contributed by atoms with Crippen molar-refractivity contribution in [3.8, 4) is 6.07 Å². The standard InChI is InChI=1S/C30H32ClN3O5/c31-27-18-24(8-5-23(27)19-32)34-29(20-3-1-2-4-20)26-10-6-21-17-22(7-9-25(21)28(26)33-34)30(36)39-16-15-38-14-13-37-12-11-35/h5,7-10,17-18,20,29,35H,1-4,6,11-16H2/t29-/m0/s1. The number of halogens is 1. The van der Waals surface area contributed by atoms with Gasteiger partial charge < -0.3 is 19.3 Å². The maximum absolute atomic E-state index is 12.7. The molecule has 0 spiro atoms. The van der Waals surface area contributed by atoms with Gasteiger partial charge in [0, 0.05) is 11.1 Å². The molecule has 204 valence electrons. The van der Waals surface area contributed by atoms with Gasteiger partial charge in [-0.25, -0.2) is 4.79 Å². The zero-order valence-corrected chi connectivity index (χ0v) is 22.5. The van der Waals surface area contributed by atoms with Crippen LogP contribution in [0.3, 0.4) is 0 Å². The number of ether oxygens (including phenoxy) is 3. The molecule has 2 aliphatic carbocycles. The molecule has 1 aliphatic heterocycles. The van der Waals surface area contributed by atoms with Gasteiger partial charge in [0.25, 0.3) is 0 Å². The van der Waals surface area contributed by atoms with Gasteiger partial charge in [0.05, 0.1) is 66.6 Å². The second kappa shape index (κ2) is 12.8. The molecule has 2 aromatic carbocycles. The lowest BCUT2D eigenvalue weighted by Crippen LogP contribution is -2.35. The minimum atomic E-state index is -0.390. The van der Waals surface area contributed by atoms with Crippen molar-refractivity contribution in [2.75, 3.05) is 44.7 Å². The molecule has 1 saturated carbocycles. The summed E-state index contributed by atoms with van der Waals surface area (Å²) in [6, 6.07) is 13.4. The minimum absolute atomic E-state index is 0.0196. The molecule has 1 fully saturated rings. The van der Waals surface area contributed by atoms with Crippen molar-refractivity contribution in [2.24, 2.45) is 11.0 Å². The third-order valence-corrected chi connectivity index (χ3v) is 7.77. The Labute approximate surface area is 233 Å². The first kappa shape index (κ1) is 27.4. The molecule has 2 aromatic rings. The van der Waals surface area contributed by atoms with Crippen LogP contribution in [0.4, 0.5) is 5.69 Å². The lowest BCUT2D eigenvalue weighted by molar-refractivity contribution is 0.00919. The summed E-state index contributed by atoms with van der Waals surface area (Å²) < 4.78 is 15.9. The van der Waals surface area contributed by atoms with Gasteiger partial charge in [-0.3, -0.25) is 5.01 Å². The summed E-state index contributed by atoms with van der Waals surface area (Å²) in [5.41, 5.74) is 6.05. The Hall–Kier alpha value is -3.22. The maximum Gasteiger partial charge on any atom is 0.338 e. The summed E-state index contributed by atoms with van der Waals surface area (Å²) in [7, 11) is 0. The summed E-state index contributed by atoms with van der Waals surface area (Å²) in [4.78, 5) is 12.7. The first-order valence-electron chi connectivity index (χ1n) is 13.5. The quantitative estimate of drug-likeness (QED) is 0.321. The van der Waals surface area contributed by atoms with Crippen molar-refractivity contribution < 1.29 is 24.1 Å². The van der Waals surface area contributed by atoms with Crippen LogP contribution in [0.25, 0.3) is 0 Å². The largest absolute Gasteiger partial charge is 0.460 e. The van der Waals surface area contributed by atoms with E-state index in [1.807, 2.05) is 24.3 Å². The fraction of sp³-hybridized carbons (Fsp3) is 0.433. The van der Waals surface area contributed by atoms with E-state index >= 15 is 0 Å². The summed E-state index contributed by atoms with van der Waals surface area (Å²) >= 11 is 6.40. The van der Waals surface area contributed by atoms with Crippen LogP contribution in [-0.2, 0) is 20.6 Å². The fourth-order valence-corrected chi connectivity index (χ4v) is 5.83. The number of benzene rings is 2. The Morgan fingerprint density at radius 2 is 1.85 bits per heavy atom. The fourth-order valence-electron chi connectivity index (χ4n) is 5.61. The molecule has 0 aromatic heterocycles. The van der Waals surface area contributed by atoms with Crippen LogP contribution in [0.15, 0.2) is 53.1 Å². The SMILES string of the molecule is N#Cc1ccc(N2N=C3C(=CCc4cc(C(=O)OCCOCCOCCO)ccc43)[C@@H]2C2CCCC2)cc1Cl. The van der Waals surface area contributed by atoms with Crippen LogP contribution >= 0.6 is 11.6 Å². The van der Waals surface area contributed by atoms with Crippen LogP contribution in [0.1, 0.15) is 52.7 Å². The normalized spacial score (nSPS) is 18.3. The Balaban J connectivity index is 1.31. The van der Waals surface area contributed by atoms with Gasteiger partial charge in [0.1, 0.15) is 12.7 Å². The Morgan fingerprint density at radius 1 is 1.08 bits per heavy atom. The number of rotatable bonds is 11. The molecule has 5 rings (SSSR count). The number of fused-ring (bicyclic) bond motifs is 3. The molecule has 8 nitrogen and oxygen atoms in total. The van der Waals surface area contributed by atoms with Gasteiger partial charge in [-0.15, -0.1) is 0 Å². The smallest absolute Gasteiger partial charge is 0.338 e. The third-order valence-electron chi connectivity index (χ3n) is 7.45. The number of anilines is 1. The minimum Gasteiger partial charge on any atom is -0.460 e. The molecular formula is C30H32ClN3O5. The number of aliphatic hydroxyl groups excluding tert-OH is 1. The highest BCUT2D eigenvalue weighted by Gasteiger charge is 2.41. The number of esters is 1. The number of nitriles is 1. The molecule has 0 amide bonds. The second-order valence-electron chi connectivity index (χ2n) is 9.88. The van der Waals surface area contributed by atoms with E-state index < -0.39 is 5.97 Å². The molecular weight excluding hydrogens is 518 g/mol. The molecule has 1 atom stereocenters. The summed E-state index contributed by atoms with van der Waals surface area (Å²) in [6.07, 6.45) is 7.71. The Kier molecular flexibility index (Phi) is 8.95. The summed E-state index contributed by atoms with van der Waals surface area (Å²) in [5, 5.41) is 25.6. The van der Waals surface area contributed by atoms with E-state index in [0.29, 0.717) is 41.7 Å². The first-order chi connectivity index (χ1) is 19.1. The predicted octanol–water partition coefficient (Wildman–Crippen LogP) is 4.66. The zero-order chi connectivity index (χ0) is 27.2. The molecule has 1 heterocycles. The van der Waals surface area contributed by atoms with Crippen molar-refractivity contribution in [3.63, 3.8) is 0 Å². The molecule has 3 aliphatic rings. The van der Waals surface area contributed by atoms with E-state index in [4.69, 9.17) is 36.0 Å². The molecule has 9 heteroatoms. The van der Waals surface area contributed by atoms with Gasteiger partial charge in [-0.2, -0.15) is 10.4 Å². The monoisotopic (exact) mass is 549 g/mol. The van der Waals surface area contributed by atoms with E-state index in [2.05, 4.69) is 17.2 Å². The average Bonchev–Trinajstić information content (AvgIpc) is 3.62. The molecule has 39 heavy (non-hydrogen) atoms. The number of hydrogen-bond donors (Lipinski definition) is 1. The highest BCUT2D eigenvalue weighted by atomic mass is 35.5. The first-order valence-corrected chi connectivity index (χ1v) is 13.8. The lowest BCUT2D eigenvalue weighted by Gasteiger charge is -2.30. The van der Waals surface area contributed by atoms with Crippen molar-refractivity contribution in [3.05, 3.63) is 75.3 Å². The van der Waals surface area contributed by atoms with Gasteiger partial charge in [0.15, 0.2) is 0 Å². The average molecular weight is 550 g/mol. The van der Waals surface area contributed by atoms with Crippen molar-refractivity contribution in [2.45, 2.75) is 38.1 Å². The van der Waals surface area contributed by atoms with E-state index in [1.165, 1.54) is 18.4 Å². The van der Waals surface area contributed by atoms with Crippen LogP contribution in [0.2, 0.25) is 5.02 Å². The van der Waals surface area contributed by atoms with E-state index in [9.17, 15) is 10.1 Å². The van der Waals surface area contributed by atoms with Gasteiger partial charge in [-0.1, -0.05) is 36.6 Å². The van der Waals surface area contributed by atoms with E-state index in [1.54, 1.807) is 12.1 Å². The molecule has 0 radical (unpaired) electrons. The molecule has 0 bridgehead atoms. The van der Waals surface area contributed by atoms with Crippen LogP contribution in [0.5, 0.6) is 0 Å². The Bertz CT molecular complexity index is 1310. The number of carbonyl (C=O) groups excluding carboxylic acids is 1. The van der Waals surface area contributed by atoms with E-state index in [0.717, 1.165) is 35.4 Å². The van der Waals surface area contributed by atoms with Gasteiger partial charge in [0.2, 0.25) is 0 Å². The number of carbonyl (C=O) groups is 1. The molecule has 0 unspecified atom stereocenters. The number of hydrazone groups is 1. The van der Waals surface area contributed by atoms with Crippen LogP contribution < -0.4 is 5.01 Å². The number of nitrogens with zero attached hydrogens (tertiary/aromatic N) is 3. The van der Waals surface area contributed by atoms with Crippen molar-refractivity contribution in [1.29, 1.82) is 5.26 Å². The zero-order valence-electron chi connectivity index (χ0n) is 21.8. The highest BCUT2D eigenvalue weighted by molar-refractivity contribution is 6.32. The van der Waals surface area contributed by atoms with Crippen molar-refractivity contribution >= 4 is 29.0 Å². The summed E-state index contributed by atoms with van der Waals surface area (Å²) in [6.45, 7) is 1.45. The third kappa shape index (κ3) is 6.02. The molecule has 1 N–H and O–H groups in total. The number of allylic oxidation sites excluding steroid dienone is 1. The number of hydrogen-bond acceptors (Lipinski definition) is 8. The van der Waals surface area contributed by atoms with Crippen LogP contribution in [0, 0.1) is 17.2 Å². The van der Waals surface area contributed by atoms with E-state index in [-0.39, 0.29) is 32.5 Å². The molecule has 0 saturated heterocycles. The van der Waals surface area contributed by atoms with Crippen LogP contribution in [-0.4, -0.2) is 62.5 Å². The maximum atomic E-state index is 12.7.